The van der Waals surface area contributed by atoms with Gasteiger partial charge in [-0.2, -0.15) is 0 Å². The monoisotopic (exact) mass is 238 g/mol. The van der Waals surface area contributed by atoms with Gasteiger partial charge >= 0.3 is 0 Å². The zero-order valence-corrected chi connectivity index (χ0v) is 9.38. The van der Waals surface area contributed by atoms with Crippen LogP contribution >= 0.6 is 0 Å². The molecular formula is C10H14N4O3. The van der Waals surface area contributed by atoms with E-state index in [4.69, 9.17) is 0 Å². The van der Waals surface area contributed by atoms with Crippen molar-refractivity contribution in [1.82, 2.24) is 20.2 Å². The summed E-state index contributed by atoms with van der Waals surface area (Å²) >= 11 is 0. The fourth-order valence-corrected chi connectivity index (χ4v) is 1.84. The lowest BCUT2D eigenvalue weighted by Crippen LogP contribution is -2.44. The Labute approximate surface area is 97.5 Å². The number of rotatable bonds is 2. The molecule has 1 aromatic heterocycles. The van der Waals surface area contributed by atoms with E-state index in [1.54, 1.807) is 7.05 Å². The lowest BCUT2D eigenvalue weighted by atomic mass is 10.2. The van der Waals surface area contributed by atoms with Crippen LogP contribution in [0.4, 0.5) is 0 Å². The molecule has 0 aliphatic carbocycles. The Bertz CT molecular complexity index is 452. The van der Waals surface area contributed by atoms with E-state index < -0.39 is 6.10 Å². The molecule has 0 unspecified atom stereocenters. The average Bonchev–Trinajstić information content (AvgIpc) is 2.74. The molecule has 92 valence electrons. The lowest BCUT2D eigenvalue weighted by molar-refractivity contribution is 0.0575. The van der Waals surface area contributed by atoms with Crippen molar-refractivity contribution in [2.24, 2.45) is 0 Å². The van der Waals surface area contributed by atoms with Crippen LogP contribution in [0.2, 0.25) is 0 Å². The fraction of sp³-hybridized carbons (Fsp3) is 0.500. The summed E-state index contributed by atoms with van der Waals surface area (Å²) in [6.07, 6.45) is 1.76. The SMILES string of the molecule is CN(C(=O)c1c[nH]c(=O)cn1)[C@@H]1CNC[C@H]1O. The number of aliphatic hydroxyl groups is 1. The molecule has 2 rings (SSSR count). The van der Waals surface area contributed by atoms with Gasteiger partial charge in [-0.1, -0.05) is 0 Å². The summed E-state index contributed by atoms with van der Waals surface area (Å²) in [7, 11) is 1.61. The maximum Gasteiger partial charge on any atom is 0.274 e. The van der Waals surface area contributed by atoms with Gasteiger partial charge < -0.3 is 20.3 Å². The number of nitrogens with zero attached hydrogens (tertiary/aromatic N) is 2. The molecule has 3 N–H and O–H groups in total. The summed E-state index contributed by atoms with van der Waals surface area (Å²) in [6, 6.07) is -0.267. The highest BCUT2D eigenvalue weighted by Crippen LogP contribution is 2.09. The predicted molar refractivity (Wildman–Crippen MR) is 59.6 cm³/mol. The predicted octanol–water partition coefficient (Wildman–Crippen LogP) is -1.83. The Kier molecular flexibility index (Phi) is 3.21. The molecule has 0 spiro atoms. The van der Waals surface area contributed by atoms with Crippen LogP contribution in [-0.2, 0) is 0 Å². The van der Waals surface area contributed by atoms with Crippen LogP contribution in [0.25, 0.3) is 0 Å². The van der Waals surface area contributed by atoms with E-state index in [0.29, 0.717) is 13.1 Å². The molecule has 2 heterocycles. The number of likely N-dealkylation sites (N-methyl/N-ethyl adjacent to an activating group) is 1. The summed E-state index contributed by atoms with van der Waals surface area (Å²) in [5.74, 6) is -0.325. The maximum atomic E-state index is 12.0. The number of hydrogen-bond donors (Lipinski definition) is 3. The first-order chi connectivity index (χ1) is 8.09. The van der Waals surface area contributed by atoms with Gasteiger partial charge in [-0.15, -0.1) is 0 Å². The Hall–Kier alpha value is -1.73. The summed E-state index contributed by atoms with van der Waals surface area (Å²) in [6.45, 7) is 1.02. The first-order valence-corrected chi connectivity index (χ1v) is 5.30. The summed E-state index contributed by atoms with van der Waals surface area (Å²) in [4.78, 5) is 30.4. The molecule has 1 aliphatic heterocycles. The number of aromatic nitrogens is 2. The number of β-amino-alcohol motifs (C(OH)–C–C–N with tert-alkyl or cyclic N) is 1. The third-order valence-corrected chi connectivity index (χ3v) is 2.86. The molecule has 1 fully saturated rings. The highest BCUT2D eigenvalue weighted by atomic mass is 16.3. The molecular weight excluding hydrogens is 224 g/mol. The number of H-pyrrole nitrogens is 1. The number of nitrogens with one attached hydrogen (secondary N) is 2. The van der Waals surface area contributed by atoms with E-state index in [0.717, 1.165) is 6.20 Å². The van der Waals surface area contributed by atoms with Crippen molar-refractivity contribution >= 4 is 5.91 Å². The third-order valence-electron chi connectivity index (χ3n) is 2.86. The van der Waals surface area contributed by atoms with Gasteiger partial charge in [0, 0.05) is 26.3 Å². The minimum atomic E-state index is -0.577. The normalized spacial score (nSPS) is 23.6. The number of aromatic amines is 1. The molecule has 7 heteroatoms. The van der Waals surface area contributed by atoms with Crippen LogP contribution in [0.1, 0.15) is 10.5 Å². The van der Waals surface area contributed by atoms with Gasteiger partial charge in [0.25, 0.3) is 11.5 Å². The Balaban J connectivity index is 2.14. The lowest BCUT2D eigenvalue weighted by Gasteiger charge is -2.25. The second kappa shape index (κ2) is 4.64. The van der Waals surface area contributed by atoms with Crippen LogP contribution < -0.4 is 10.9 Å². The molecule has 1 aliphatic rings. The minimum absolute atomic E-state index is 0.159. The van der Waals surface area contributed by atoms with Gasteiger partial charge in [-0.25, -0.2) is 4.98 Å². The van der Waals surface area contributed by atoms with Crippen molar-refractivity contribution in [3.63, 3.8) is 0 Å². The van der Waals surface area contributed by atoms with Crippen molar-refractivity contribution in [2.75, 3.05) is 20.1 Å². The average molecular weight is 238 g/mol. The van der Waals surface area contributed by atoms with Gasteiger partial charge in [-0.05, 0) is 0 Å². The largest absolute Gasteiger partial charge is 0.390 e. The molecule has 0 aromatic carbocycles. The topological polar surface area (TPSA) is 98.3 Å². The van der Waals surface area contributed by atoms with Gasteiger partial charge in [0.15, 0.2) is 0 Å². The number of hydrogen-bond acceptors (Lipinski definition) is 5. The standard InChI is InChI=1S/C10H14N4O3/c1-14(7-3-11-4-8(7)15)10(17)6-2-13-9(16)5-12-6/h2,5,7-8,11,15H,3-4H2,1H3,(H,13,16)/t7-,8-/m1/s1. The number of amides is 1. The molecule has 0 bridgehead atoms. The van der Waals surface area contributed by atoms with Crippen molar-refractivity contribution in [2.45, 2.75) is 12.1 Å². The van der Waals surface area contributed by atoms with Crippen molar-refractivity contribution in [3.8, 4) is 0 Å². The van der Waals surface area contributed by atoms with Gasteiger partial charge in [-0.3, -0.25) is 9.59 Å². The third kappa shape index (κ3) is 2.34. The first kappa shape index (κ1) is 11.7. The molecule has 0 radical (unpaired) electrons. The molecule has 1 amide bonds. The highest BCUT2D eigenvalue weighted by molar-refractivity contribution is 5.92. The number of carbonyl (C=O) groups excluding carboxylic acids is 1. The van der Waals surface area contributed by atoms with E-state index in [1.165, 1.54) is 11.1 Å². The number of aliphatic hydroxyl groups excluding tert-OH is 1. The van der Waals surface area contributed by atoms with E-state index >= 15 is 0 Å². The quantitative estimate of drug-likeness (QED) is 0.563. The fourth-order valence-electron chi connectivity index (χ4n) is 1.84. The smallest absolute Gasteiger partial charge is 0.274 e. The van der Waals surface area contributed by atoms with Gasteiger partial charge in [0.05, 0.1) is 18.3 Å². The van der Waals surface area contributed by atoms with E-state index in [-0.39, 0.29) is 23.2 Å². The summed E-state index contributed by atoms with van der Waals surface area (Å²) in [5, 5.41) is 12.7. The highest BCUT2D eigenvalue weighted by Gasteiger charge is 2.31. The molecule has 7 nitrogen and oxygen atoms in total. The van der Waals surface area contributed by atoms with Crippen LogP contribution in [0, 0.1) is 0 Å². The molecule has 17 heavy (non-hydrogen) atoms. The van der Waals surface area contributed by atoms with Crippen molar-refractivity contribution in [1.29, 1.82) is 0 Å². The zero-order chi connectivity index (χ0) is 12.4. The van der Waals surface area contributed by atoms with E-state index in [2.05, 4.69) is 15.3 Å². The second-order valence-corrected chi connectivity index (χ2v) is 4.01. The van der Waals surface area contributed by atoms with E-state index in [9.17, 15) is 14.7 Å². The van der Waals surface area contributed by atoms with Gasteiger partial charge in [0.2, 0.25) is 0 Å². The van der Waals surface area contributed by atoms with Crippen LogP contribution in [0.15, 0.2) is 17.2 Å². The van der Waals surface area contributed by atoms with Crippen LogP contribution in [0.5, 0.6) is 0 Å². The second-order valence-electron chi connectivity index (χ2n) is 4.01. The Morgan fingerprint density at radius 2 is 2.35 bits per heavy atom. The molecule has 1 saturated heterocycles. The van der Waals surface area contributed by atoms with Crippen molar-refractivity contribution in [3.05, 3.63) is 28.4 Å². The molecule has 1 aromatic rings. The molecule has 0 saturated carbocycles. The summed E-state index contributed by atoms with van der Waals surface area (Å²) in [5.41, 5.74) is -0.196. The summed E-state index contributed by atoms with van der Waals surface area (Å²) < 4.78 is 0. The Morgan fingerprint density at radius 1 is 1.59 bits per heavy atom. The number of carbonyl (C=O) groups is 1. The van der Waals surface area contributed by atoms with E-state index in [1.807, 2.05) is 0 Å². The minimum Gasteiger partial charge on any atom is -0.390 e. The van der Waals surface area contributed by atoms with Gasteiger partial charge in [0.1, 0.15) is 5.69 Å². The zero-order valence-electron chi connectivity index (χ0n) is 9.38. The van der Waals surface area contributed by atoms with Crippen molar-refractivity contribution < 1.29 is 9.90 Å². The van der Waals surface area contributed by atoms with Crippen LogP contribution in [-0.4, -0.2) is 58.2 Å². The molecule has 2 atom stereocenters. The Morgan fingerprint density at radius 3 is 2.88 bits per heavy atom. The van der Waals surface area contributed by atoms with Crippen LogP contribution in [0.3, 0.4) is 0 Å². The maximum absolute atomic E-state index is 12.0. The first-order valence-electron chi connectivity index (χ1n) is 5.30.